The summed E-state index contributed by atoms with van der Waals surface area (Å²) in [6.45, 7) is -0.357. The van der Waals surface area contributed by atoms with Gasteiger partial charge in [0.25, 0.3) is 11.8 Å². The third-order valence-electron chi connectivity index (χ3n) is 3.37. The molecule has 0 atom stereocenters. The number of anilines is 1. The number of amides is 2. The monoisotopic (exact) mass is 366 g/mol. The lowest BCUT2D eigenvalue weighted by Gasteiger charge is -2.11. The van der Waals surface area contributed by atoms with E-state index in [9.17, 15) is 22.8 Å². The molecule has 138 valence electrons. The van der Waals surface area contributed by atoms with E-state index in [0.29, 0.717) is 11.3 Å². The van der Waals surface area contributed by atoms with Crippen molar-refractivity contribution < 1.29 is 27.5 Å². The molecule has 0 saturated carbocycles. The maximum Gasteiger partial charge on any atom is 0.416 e. The number of benzene rings is 2. The molecule has 8 heteroatoms. The smallest absolute Gasteiger partial charge is 0.416 e. The minimum atomic E-state index is -4.42. The third kappa shape index (κ3) is 5.23. The first-order chi connectivity index (χ1) is 12.2. The fourth-order valence-corrected chi connectivity index (χ4v) is 2.04. The predicted octanol–water partition coefficient (Wildman–Crippen LogP) is 3.42. The van der Waals surface area contributed by atoms with Crippen molar-refractivity contribution in [3.05, 3.63) is 59.7 Å². The maximum absolute atomic E-state index is 12.5. The SMILES string of the molecule is CN(C)C(=O)c1ccc(NC(=O)COc2ccc(C(F)(F)F)cc2)cc1. The van der Waals surface area contributed by atoms with E-state index in [0.717, 1.165) is 24.3 Å². The lowest BCUT2D eigenvalue weighted by Crippen LogP contribution is -2.22. The van der Waals surface area contributed by atoms with Crippen LogP contribution in [0.5, 0.6) is 5.75 Å². The predicted molar refractivity (Wildman–Crippen MR) is 90.0 cm³/mol. The molecule has 0 aliphatic rings. The number of rotatable bonds is 5. The number of nitrogens with one attached hydrogen (secondary N) is 1. The van der Waals surface area contributed by atoms with Crippen LogP contribution >= 0.6 is 0 Å². The molecule has 1 N–H and O–H groups in total. The van der Waals surface area contributed by atoms with E-state index < -0.39 is 17.6 Å². The quantitative estimate of drug-likeness (QED) is 0.882. The minimum Gasteiger partial charge on any atom is -0.484 e. The van der Waals surface area contributed by atoms with Crippen molar-refractivity contribution in [2.45, 2.75) is 6.18 Å². The molecule has 0 bridgehead atoms. The highest BCUT2D eigenvalue weighted by atomic mass is 19.4. The van der Waals surface area contributed by atoms with Gasteiger partial charge in [-0.15, -0.1) is 0 Å². The molecule has 5 nitrogen and oxygen atoms in total. The Bertz CT molecular complexity index is 770. The number of hydrogen-bond acceptors (Lipinski definition) is 3. The zero-order chi connectivity index (χ0) is 19.3. The van der Waals surface area contributed by atoms with Crippen molar-refractivity contribution in [3.63, 3.8) is 0 Å². The Morgan fingerprint density at radius 3 is 2.08 bits per heavy atom. The molecular formula is C18H17F3N2O3. The van der Waals surface area contributed by atoms with Crippen LogP contribution in [0.2, 0.25) is 0 Å². The van der Waals surface area contributed by atoms with Gasteiger partial charge in [-0.05, 0) is 48.5 Å². The summed E-state index contributed by atoms with van der Waals surface area (Å²) >= 11 is 0. The van der Waals surface area contributed by atoms with Crippen LogP contribution in [0.15, 0.2) is 48.5 Å². The Labute approximate surface area is 148 Å². The van der Waals surface area contributed by atoms with Crippen LogP contribution in [0, 0.1) is 0 Å². The second kappa shape index (κ2) is 7.90. The van der Waals surface area contributed by atoms with E-state index in [1.54, 1.807) is 38.4 Å². The highest BCUT2D eigenvalue weighted by molar-refractivity contribution is 5.95. The summed E-state index contributed by atoms with van der Waals surface area (Å²) < 4.78 is 42.6. The summed E-state index contributed by atoms with van der Waals surface area (Å²) in [7, 11) is 3.27. The zero-order valence-corrected chi connectivity index (χ0v) is 14.1. The van der Waals surface area contributed by atoms with Gasteiger partial charge in [0.15, 0.2) is 6.61 Å². The van der Waals surface area contributed by atoms with Crippen molar-refractivity contribution in [1.29, 1.82) is 0 Å². The van der Waals surface area contributed by atoms with Gasteiger partial charge in [0.1, 0.15) is 5.75 Å². The fraction of sp³-hybridized carbons (Fsp3) is 0.222. The summed E-state index contributed by atoms with van der Waals surface area (Å²) in [4.78, 5) is 25.1. The van der Waals surface area contributed by atoms with Gasteiger partial charge >= 0.3 is 6.18 Å². The molecule has 0 radical (unpaired) electrons. The number of carbonyl (C=O) groups is 2. The summed E-state index contributed by atoms with van der Waals surface area (Å²) in [6.07, 6.45) is -4.42. The van der Waals surface area contributed by atoms with Crippen LogP contribution in [0.25, 0.3) is 0 Å². The molecular weight excluding hydrogens is 349 g/mol. The molecule has 0 fully saturated rings. The van der Waals surface area contributed by atoms with Crippen LogP contribution in [0.3, 0.4) is 0 Å². The van der Waals surface area contributed by atoms with Crippen molar-refractivity contribution in [1.82, 2.24) is 4.90 Å². The van der Waals surface area contributed by atoms with E-state index in [1.807, 2.05) is 0 Å². The van der Waals surface area contributed by atoms with Crippen LogP contribution in [0.1, 0.15) is 15.9 Å². The lowest BCUT2D eigenvalue weighted by atomic mass is 10.2. The van der Waals surface area contributed by atoms with Gasteiger partial charge in [-0.1, -0.05) is 0 Å². The highest BCUT2D eigenvalue weighted by Gasteiger charge is 2.30. The molecule has 2 amide bonds. The fourth-order valence-electron chi connectivity index (χ4n) is 2.04. The molecule has 0 heterocycles. The van der Waals surface area contributed by atoms with Crippen molar-refractivity contribution in [3.8, 4) is 5.75 Å². The first kappa shape index (κ1) is 19.3. The number of carbonyl (C=O) groups excluding carboxylic acids is 2. The first-order valence-corrected chi connectivity index (χ1v) is 7.58. The third-order valence-corrected chi connectivity index (χ3v) is 3.37. The average Bonchev–Trinajstić information content (AvgIpc) is 2.59. The second-order valence-electron chi connectivity index (χ2n) is 5.64. The summed E-state index contributed by atoms with van der Waals surface area (Å²) in [6, 6.07) is 10.4. The Hall–Kier alpha value is -3.03. The highest BCUT2D eigenvalue weighted by Crippen LogP contribution is 2.30. The van der Waals surface area contributed by atoms with Crippen molar-refractivity contribution >= 4 is 17.5 Å². The van der Waals surface area contributed by atoms with Gasteiger partial charge in [-0.25, -0.2) is 0 Å². The molecule has 2 rings (SSSR count). The zero-order valence-electron chi connectivity index (χ0n) is 14.1. The van der Waals surface area contributed by atoms with E-state index in [1.165, 1.54) is 4.90 Å². The normalized spacial score (nSPS) is 11.0. The molecule has 0 aromatic heterocycles. The average molecular weight is 366 g/mol. The minimum absolute atomic E-state index is 0.153. The summed E-state index contributed by atoms with van der Waals surface area (Å²) in [5.74, 6) is -0.481. The molecule has 0 spiro atoms. The number of ether oxygens (including phenoxy) is 1. The molecule has 26 heavy (non-hydrogen) atoms. The van der Waals surface area contributed by atoms with Gasteiger partial charge in [-0.2, -0.15) is 13.2 Å². The largest absolute Gasteiger partial charge is 0.484 e. The van der Waals surface area contributed by atoms with Crippen LogP contribution in [-0.4, -0.2) is 37.4 Å². The Balaban J connectivity index is 1.88. The molecule has 0 aliphatic heterocycles. The summed E-state index contributed by atoms with van der Waals surface area (Å²) in [5.41, 5.74) is 0.164. The molecule has 0 saturated heterocycles. The van der Waals surface area contributed by atoms with Crippen LogP contribution in [0.4, 0.5) is 18.9 Å². The van der Waals surface area contributed by atoms with Gasteiger partial charge in [0, 0.05) is 25.3 Å². The number of alkyl halides is 3. The van der Waals surface area contributed by atoms with Crippen molar-refractivity contribution in [2.24, 2.45) is 0 Å². The van der Waals surface area contributed by atoms with Crippen LogP contribution < -0.4 is 10.1 Å². The van der Waals surface area contributed by atoms with Gasteiger partial charge in [0.05, 0.1) is 5.56 Å². The van der Waals surface area contributed by atoms with Crippen LogP contribution in [-0.2, 0) is 11.0 Å². The Kier molecular flexibility index (Phi) is 5.86. The first-order valence-electron chi connectivity index (χ1n) is 7.58. The van der Waals surface area contributed by atoms with E-state index >= 15 is 0 Å². The Morgan fingerprint density at radius 1 is 1.00 bits per heavy atom. The summed E-state index contributed by atoms with van der Waals surface area (Å²) in [5, 5.41) is 2.57. The molecule has 0 aliphatic carbocycles. The standard InChI is InChI=1S/C18H17F3N2O3/c1-23(2)17(25)12-3-7-14(8-4-12)22-16(24)11-26-15-9-5-13(6-10-15)18(19,20)21/h3-10H,11H2,1-2H3,(H,22,24). The molecule has 0 unspecified atom stereocenters. The Morgan fingerprint density at radius 2 is 1.58 bits per heavy atom. The van der Waals surface area contributed by atoms with Gasteiger partial charge in [0.2, 0.25) is 0 Å². The van der Waals surface area contributed by atoms with E-state index in [2.05, 4.69) is 5.32 Å². The lowest BCUT2D eigenvalue weighted by molar-refractivity contribution is -0.137. The number of hydrogen-bond donors (Lipinski definition) is 1. The molecule has 2 aromatic rings. The second-order valence-corrected chi connectivity index (χ2v) is 5.64. The van der Waals surface area contributed by atoms with Crippen molar-refractivity contribution in [2.75, 3.05) is 26.0 Å². The van der Waals surface area contributed by atoms with E-state index in [4.69, 9.17) is 4.74 Å². The van der Waals surface area contributed by atoms with Gasteiger partial charge < -0.3 is 15.0 Å². The van der Waals surface area contributed by atoms with Gasteiger partial charge in [-0.3, -0.25) is 9.59 Å². The number of halogens is 3. The molecule has 2 aromatic carbocycles. The number of nitrogens with zero attached hydrogens (tertiary/aromatic N) is 1. The maximum atomic E-state index is 12.5. The van der Waals surface area contributed by atoms with E-state index in [-0.39, 0.29) is 18.3 Å². The topological polar surface area (TPSA) is 58.6 Å².